The van der Waals surface area contributed by atoms with Gasteiger partial charge in [0, 0.05) is 17.1 Å². The van der Waals surface area contributed by atoms with Crippen LogP contribution >= 0.6 is 23.2 Å². The Morgan fingerprint density at radius 3 is 2.95 bits per heavy atom. The van der Waals surface area contributed by atoms with Gasteiger partial charge in [0.05, 0.1) is 17.7 Å². The predicted octanol–water partition coefficient (Wildman–Crippen LogP) is 3.80. The summed E-state index contributed by atoms with van der Waals surface area (Å²) in [5, 5.41) is 4.56. The van der Waals surface area contributed by atoms with Crippen LogP contribution < -0.4 is 5.32 Å². The third-order valence-electron chi connectivity index (χ3n) is 3.05. The second-order valence-corrected chi connectivity index (χ2v) is 5.49. The number of nitrogens with one attached hydrogen (secondary N) is 1. The van der Waals surface area contributed by atoms with E-state index in [4.69, 9.17) is 32.7 Å². The van der Waals surface area contributed by atoms with Gasteiger partial charge in [0.25, 0.3) is 0 Å². The van der Waals surface area contributed by atoms with Crippen molar-refractivity contribution in [3.8, 4) is 0 Å². The lowest BCUT2D eigenvalue weighted by atomic mass is 10.2. The van der Waals surface area contributed by atoms with Crippen molar-refractivity contribution in [3.63, 3.8) is 0 Å². The second kappa shape index (κ2) is 7.46. The summed E-state index contributed by atoms with van der Waals surface area (Å²) in [6, 6.07) is 5.35. The van der Waals surface area contributed by atoms with Crippen LogP contribution in [0.25, 0.3) is 0 Å². The number of ether oxygens (including phenoxy) is 2. The van der Waals surface area contributed by atoms with Crippen molar-refractivity contribution in [1.29, 1.82) is 0 Å². The van der Waals surface area contributed by atoms with Crippen LogP contribution in [0.5, 0.6) is 0 Å². The summed E-state index contributed by atoms with van der Waals surface area (Å²) in [5.74, 6) is 0. The molecule has 5 heteroatoms. The van der Waals surface area contributed by atoms with E-state index in [9.17, 15) is 0 Å². The molecule has 1 aromatic rings. The highest BCUT2D eigenvalue weighted by Crippen LogP contribution is 2.33. The molecule has 0 bridgehead atoms. The molecule has 2 rings (SSSR count). The third kappa shape index (κ3) is 4.33. The summed E-state index contributed by atoms with van der Waals surface area (Å²) in [6.07, 6.45) is 2.06. The molecule has 1 saturated heterocycles. The van der Waals surface area contributed by atoms with Gasteiger partial charge in [-0.3, -0.25) is 0 Å². The van der Waals surface area contributed by atoms with Gasteiger partial charge in [0.2, 0.25) is 0 Å². The predicted molar refractivity (Wildman–Crippen MR) is 77.8 cm³/mol. The number of hydrogen-bond donors (Lipinski definition) is 1. The standard InChI is InChI=1S/C14H19Cl2NO2/c1-2-3-6-17-8-11-9-18-14(19-11)12-5-4-10(15)7-13(12)16/h4-5,7,11,14,17H,2-3,6,8-9H2,1H3. The van der Waals surface area contributed by atoms with Crippen LogP contribution in [-0.4, -0.2) is 25.8 Å². The van der Waals surface area contributed by atoms with E-state index in [0.29, 0.717) is 16.7 Å². The first-order valence-electron chi connectivity index (χ1n) is 6.63. The largest absolute Gasteiger partial charge is 0.346 e. The van der Waals surface area contributed by atoms with Crippen LogP contribution in [0.2, 0.25) is 10.0 Å². The van der Waals surface area contributed by atoms with Gasteiger partial charge in [0.1, 0.15) is 0 Å². The summed E-state index contributed by atoms with van der Waals surface area (Å²) in [7, 11) is 0. The maximum absolute atomic E-state index is 6.14. The lowest BCUT2D eigenvalue weighted by Crippen LogP contribution is -2.29. The molecule has 0 aromatic heterocycles. The first-order chi connectivity index (χ1) is 9.20. The summed E-state index contributed by atoms with van der Waals surface area (Å²) in [5.41, 5.74) is 0.835. The molecular formula is C14H19Cl2NO2. The van der Waals surface area contributed by atoms with Gasteiger partial charge in [-0.25, -0.2) is 0 Å². The molecule has 0 aliphatic carbocycles. The molecule has 0 radical (unpaired) electrons. The number of hydrogen-bond acceptors (Lipinski definition) is 3. The molecule has 1 aliphatic rings. The number of halogens is 2. The van der Waals surface area contributed by atoms with Crippen LogP contribution in [0.3, 0.4) is 0 Å². The van der Waals surface area contributed by atoms with Crippen molar-refractivity contribution in [2.24, 2.45) is 0 Å². The van der Waals surface area contributed by atoms with Crippen LogP contribution in [-0.2, 0) is 9.47 Å². The van der Waals surface area contributed by atoms with E-state index in [-0.39, 0.29) is 12.4 Å². The maximum Gasteiger partial charge on any atom is 0.185 e. The minimum absolute atomic E-state index is 0.0774. The third-order valence-corrected chi connectivity index (χ3v) is 3.61. The average molecular weight is 304 g/mol. The Labute approximate surface area is 124 Å². The molecule has 19 heavy (non-hydrogen) atoms. The zero-order chi connectivity index (χ0) is 13.7. The van der Waals surface area contributed by atoms with Gasteiger partial charge in [-0.05, 0) is 25.1 Å². The van der Waals surface area contributed by atoms with Gasteiger partial charge in [-0.2, -0.15) is 0 Å². The fourth-order valence-electron chi connectivity index (χ4n) is 1.98. The molecule has 1 aliphatic heterocycles. The fraction of sp³-hybridized carbons (Fsp3) is 0.571. The zero-order valence-corrected chi connectivity index (χ0v) is 12.5. The lowest BCUT2D eigenvalue weighted by molar-refractivity contribution is -0.0595. The molecule has 106 valence electrons. The van der Waals surface area contributed by atoms with Gasteiger partial charge < -0.3 is 14.8 Å². The topological polar surface area (TPSA) is 30.5 Å². The van der Waals surface area contributed by atoms with E-state index in [0.717, 1.165) is 18.7 Å². The van der Waals surface area contributed by atoms with Gasteiger partial charge >= 0.3 is 0 Å². The molecule has 2 unspecified atom stereocenters. The smallest absolute Gasteiger partial charge is 0.185 e. The van der Waals surface area contributed by atoms with Crippen molar-refractivity contribution in [3.05, 3.63) is 33.8 Å². The number of benzene rings is 1. The van der Waals surface area contributed by atoms with Crippen LogP contribution in [0.15, 0.2) is 18.2 Å². The van der Waals surface area contributed by atoms with E-state index in [2.05, 4.69) is 12.2 Å². The summed E-state index contributed by atoms with van der Waals surface area (Å²) >= 11 is 12.0. The maximum atomic E-state index is 6.14. The molecular weight excluding hydrogens is 285 g/mol. The molecule has 1 aromatic carbocycles. The van der Waals surface area contributed by atoms with E-state index < -0.39 is 0 Å². The molecule has 3 nitrogen and oxygen atoms in total. The van der Waals surface area contributed by atoms with Gasteiger partial charge in [0.15, 0.2) is 6.29 Å². The molecule has 0 amide bonds. The van der Waals surface area contributed by atoms with E-state index >= 15 is 0 Å². The van der Waals surface area contributed by atoms with Crippen molar-refractivity contribution < 1.29 is 9.47 Å². The minimum atomic E-state index is -0.386. The molecule has 0 spiro atoms. The van der Waals surface area contributed by atoms with Gasteiger partial charge in [-0.1, -0.05) is 42.6 Å². The van der Waals surface area contributed by atoms with Crippen LogP contribution in [0, 0.1) is 0 Å². The first-order valence-corrected chi connectivity index (χ1v) is 7.39. The molecule has 1 fully saturated rings. The number of unbranched alkanes of at least 4 members (excludes halogenated alkanes) is 1. The van der Waals surface area contributed by atoms with E-state index in [1.165, 1.54) is 12.8 Å². The molecule has 1 heterocycles. The lowest BCUT2D eigenvalue weighted by Gasteiger charge is -2.13. The second-order valence-electron chi connectivity index (χ2n) is 4.65. The Kier molecular flexibility index (Phi) is 5.92. The summed E-state index contributed by atoms with van der Waals surface area (Å²) < 4.78 is 11.5. The summed E-state index contributed by atoms with van der Waals surface area (Å²) in [4.78, 5) is 0. The fourth-order valence-corrected chi connectivity index (χ4v) is 2.47. The average Bonchev–Trinajstić information content (AvgIpc) is 2.83. The van der Waals surface area contributed by atoms with Crippen LogP contribution in [0.1, 0.15) is 31.6 Å². The van der Waals surface area contributed by atoms with Crippen LogP contribution in [0.4, 0.5) is 0 Å². The Balaban J connectivity index is 1.84. The Morgan fingerprint density at radius 1 is 1.37 bits per heavy atom. The Hall–Kier alpha value is -0.320. The highest BCUT2D eigenvalue weighted by molar-refractivity contribution is 6.35. The molecule has 0 saturated carbocycles. The van der Waals surface area contributed by atoms with Crippen molar-refractivity contribution in [2.45, 2.75) is 32.2 Å². The zero-order valence-electron chi connectivity index (χ0n) is 11.0. The Morgan fingerprint density at radius 2 is 2.21 bits per heavy atom. The van der Waals surface area contributed by atoms with Crippen molar-refractivity contribution in [2.75, 3.05) is 19.7 Å². The van der Waals surface area contributed by atoms with Crippen molar-refractivity contribution in [1.82, 2.24) is 5.32 Å². The quantitative estimate of drug-likeness (QED) is 0.811. The summed E-state index contributed by atoms with van der Waals surface area (Å²) in [6.45, 7) is 4.59. The minimum Gasteiger partial charge on any atom is -0.346 e. The van der Waals surface area contributed by atoms with E-state index in [1.54, 1.807) is 12.1 Å². The van der Waals surface area contributed by atoms with Crippen molar-refractivity contribution >= 4 is 23.2 Å². The van der Waals surface area contributed by atoms with Gasteiger partial charge in [-0.15, -0.1) is 0 Å². The normalized spacial score (nSPS) is 22.9. The highest BCUT2D eigenvalue weighted by Gasteiger charge is 2.28. The molecule has 2 atom stereocenters. The Bertz CT molecular complexity index is 414. The first kappa shape index (κ1) is 15.1. The molecule has 1 N–H and O–H groups in total. The number of rotatable bonds is 6. The SMILES string of the molecule is CCCCNCC1COC(c2ccc(Cl)cc2Cl)O1. The van der Waals surface area contributed by atoms with E-state index in [1.807, 2.05) is 6.07 Å². The highest BCUT2D eigenvalue weighted by atomic mass is 35.5. The monoisotopic (exact) mass is 303 g/mol.